The highest BCUT2D eigenvalue weighted by atomic mass is 19.3. The molecule has 0 amide bonds. The molecule has 0 radical (unpaired) electrons. The molecule has 1 N–H and O–H groups in total. The summed E-state index contributed by atoms with van der Waals surface area (Å²) in [5, 5.41) is 0. The maximum absolute atomic E-state index is 11.6. The number of alkyl halides is 2. The van der Waals surface area contributed by atoms with Gasteiger partial charge in [0.05, 0.1) is 12.8 Å². The fraction of sp³-hybridized carbons (Fsp3) is 0.375. The van der Waals surface area contributed by atoms with Crippen molar-refractivity contribution in [2.75, 3.05) is 13.2 Å². The molecule has 0 saturated carbocycles. The quantitative estimate of drug-likeness (QED) is 0.775. The lowest BCUT2D eigenvalue weighted by Crippen LogP contribution is -2.10. The molecule has 0 aliphatic heterocycles. The highest BCUT2D eigenvalue weighted by molar-refractivity contribution is 5.69. The summed E-state index contributed by atoms with van der Waals surface area (Å²) in [5.41, 5.74) is 1.08. The predicted octanol–water partition coefficient (Wildman–Crippen LogP) is 0.971. The number of aromatic nitrogens is 4. The molecule has 6 nitrogen and oxygen atoms in total. The third-order valence-electron chi connectivity index (χ3n) is 1.71. The second-order valence-corrected chi connectivity index (χ2v) is 2.78. The predicted molar refractivity (Wildman–Crippen MR) is 49.1 cm³/mol. The summed E-state index contributed by atoms with van der Waals surface area (Å²) in [6, 6.07) is 0.202. The van der Waals surface area contributed by atoms with Crippen LogP contribution in [0.1, 0.15) is 0 Å². The molecular formula is C8H8F2N4O2. The molecule has 0 fully saturated rings. The monoisotopic (exact) mass is 230 g/mol. The molecular weight excluding hydrogens is 222 g/mol. The van der Waals surface area contributed by atoms with Crippen molar-refractivity contribution in [2.24, 2.45) is 0 Å². The molecule has 0 unspecified atom stereocenters. The van der Waals surface area contributed by atoms with E-state index in [0.717, 1.165) is 0 Å². The number of aromatic amines is 1. The molecule has 2 rings (SSSR count). The molecule has 2 heterocycles. The summed E-state index contributed by atoms with van der Waals surface area (Å²) in [4.78, 5) is 14.4. The van der Waals surface area contributed by atoms with Gasteiger partial charge in [0.2, 0.25) is 0 Å². The van der Waals surface area contributed by atoms with Gasteiger partial charge in [-0.05, 0) is 0 Å². The smallest absolute Gasteiger partial charge is 0.345 e. The SMILES string of the molecule is FC(F)OCCOc1nc2ncncc2[nH]1. The first kappa shape index (κ1) is 10.7. The van der Waals surface area contributed by atoms with Crippen molar-refractivity contribution in [3.8, 4) is 6.01 Å². The number of hydrogen-bond acceptors (Lipinski definition) is 5. The average Bonchev–Trinajstić information content (AvgIpc) is 2.66. The van der Waals surface area contributed by atoms with E-state index in [9.17, 15) is 8.78 Å². The van der Waals surface area contributed by atoms with Crippen LogP contribution in [0.15, 0.2) is 12.5 Å². The highest BCUT2D eigenvalue weighted by Crippen LogP contribution is 2.11. The van der Waals surface area contributed by atoms with Crippen molar-refractivity contribution in [3.05, 3.63) is 12.5 Å². The lowest BCUT2D eigenvalue weighted by Gasteiger charge is -2.02. The number of ether oxygens (including phenoxy) is 2. The molecule has 2 aromatic rings. The molecule has 0 atom stereocenters. The Morgan fingerprint density at radius 3 is 3.00 bits per heavy atom. The number of hydrogen-bond donors (Lipinski definition) is 1. The normalized spacial score (nSPS) is 11.2. The minimum atomic E-state index is -2.79. The first-order valence-corrected chi connectivity index (χ1v) is 4.44. The van der Waals surface area contributed by atoms with Crippen molar-refractivity contribution < 1.29 is 18.3 Å². The lowest BCUT2D eigenvalue weighted by molar-refractivity contribution is -0.133. The van der Waals surface area contributed by atoms with Crippen molar-refractivity contribution >= 4 is 11.2 Å². The largest absolute Gasteiger partial charge is 0.462 e. The van der Waals surface area contributed by atoms with Gasteiger partial charge in [-0.25, -0.2) is 9.97 Å². The maximum atomic E-state index is 11.6. The molecule has 8 heteroatoms. The molecule has 0 spiro atoms. The Morgan fingerprint density at radius 2 is 2.25 bits per heavy atom. The Bertz CT molecular complexity index is 429. The number of imidazole rings is 1. The van der Waals surface area contributed by atoms with E-state index in [0.29, 0.717) is 11.2 Å². The van der Waals surface area contributed by atoms with Crippen LogP contribution in [0.2, 0.25) is 0 Å². The average molecular weight is 230 g/mol. The van der Waals surface area contributed by atoms with E-state index in [1.165, 1.54) is 12.5 Å². The van der Waals surface area contributed by atoms with Gasteiger partial charge in [-0.1, -0.05) is 0 Å². The summed E-state index contributed by atoms with van der Waals surface area (Å²) in [6.07, 6.45) is 2.89. The number of rotatable bonds is 5. The Hall–Kier alpha value is -1.83. The number of fused-ring (bicyclic) bond motifs is 1. The minimum Gasteiger partial charge on any atom is -0.462 e. The van der Waals surface area contributed by atoms with E-state index in [2.05, 4.69) is 24.7 Å². The number of nitrogens with one attached hydrogen (secondary N) is 1. The summed E-state index contributed by atoms with van der Waals surface area (Å²) in [5.74, 6) is 0. The summed E-state index contributed by atoms with van der Waals surface area (Å²) >= 11 is 0. The number of nitrogens with zero attached hydrogens (tertiary/aromatic N) is 3. The van der Waals surface area contributed by atoms with Crippen LogP contribution in [0.5, 0.6) is 6.01 Å². The Labute approximate surface area is 88.6 Å². The van der Waals surface area contributed by atoms with Crippen LogP contribution >= 0.6 is 0 Å². The van der Waals surface area contributed by atoms with E-state index < -0.39 is 6.61 Å². The van der Waals surface area contributed by atoms with Crippen LogP contribution in [0, 0.1) is 0 Å². The minimum absolute atomic E-state index is 0.0163. The van der Waals surface area contributed by atoms with Crippen LogP contribution in [0.25, 0.3) is 11.2 Å². The Balaban J connectivity index is 1.89. The Morgan fingerprint density at radius 1 is 1.38 bits per heavy atom. The standard InChI is InChI=1S/C8H8F2N4O2/c9-7(10)15-1-2-16-8-13-5-3-11-4-12-6(5)14-8/h3-4,7H,1-2H2,(H,11,12,13,14). The van der Waals surface area contributed by atoms with Gasteiger partial charge in [0.1, 0.15) is 18.5 Å². The van der Waals surface area contributed by atoms with Crippen LogP contribution in [0.4, 0.5) is 8.78 Å². The van der Waals surface area contributed by atoms with Crippen LogP contribution in [0.3, 0.4) is 0 Å². The first-order valence-electron chi connectivity index (χ1n) is 4.44. The van der Waals surface area contributed by atoms with Gasteiger partial charge in [-0.15, -0.1) is 0 Å². The molecule has 0 aliphatic carbocycles. The third kappa shape index (κ3) is 2.60. The zero-order valence-electron chi connectivity index (χ0n) is 8.06. The summed E-state index contributed by atoms with van der Waals surface area (Å²) in [7, 11) is 0. The fourth-order valence-corrected chi connectivity index (χ4v) is 1.08. The molecule has 86 valence electrons. The van der Waals surface area contributed by atoms with E-state index in [4.69, 9.17) is 4.74 Å². The van der Waals surface area contributed by atoms with E-state index in [1.54, 1.807) is 0 Å². The molecule has 16 heavy (non-hydrogen) atoms. The van der Waals surface area contributed by atoms with Gasteiger partial charge in [0.25, 0.3) is 6.01 Å². The van der Waals surface area contributed by atoms with Crippen LogP contribution in [-0.2, 0) is 4.74 Å². The molecule has 0 saturated heterocycles. The van der Waals surface area contributed by atoms with E-state index in [1.807, 2.05) is 0 Å². The van der Waals surface area contributed by atoms with Crippen molar-refractivity contribution in [1.82, 2.24) is 19.9 Å². The highest BCUT2D eigenvalue weighted by Gasteiger charge is 2.05. The molecule has 2 aromatic heterocycles. The second kappa shape index (κ2) is 4.79. The molecule has 0 aromatic carbocycles. The molecule has 0 bridgehead atoms. The van der Waals surface area contributed by atoms with Gasteiger partial charge >= 0.3 is 6.61 Å². The third-order valence-corrected chi connectivity index (χ3v) is 1.71. The maximum Gasteiger partial charge on any atom is 0.345 e. The number of halogens is 2. The number of H-pyrrole nitrogens is 1. The van der Waals surface area contributed by atoms with Gasteiger partial charge in [-0.3, -0.25) is 0 Å². The van der Waals surface area contributed by atoms with Crippen molar-refractivity contribution in [3.63, 3.8) is 0 Å². The topological polar surface area (TPSA) is 72.9 Å². The lowest BCUT2D eigenvalue weighted by atomic mass is 10.6. The molecule has 0 aliphatic rings. The van der Waals surface area contributed by atoms with Crippen molar-refractivity contribution in [2.45, 2.75) is 6.61 Å². The van der Waals surface area contributed by atoms with E-state index >= 15 is 0 Å². The fourth-order valence-electron chi connectivity index (χ4n) is 1.08. The van der Waals surface area contributed by atoms with Crippen LogP contribution < -0.4 is 4.74 Å². The van der Waals surface area contributed by atoms with E-state index in [-0.39, 0.29) is 19.2 Å². The zero-order chi connectivity index (χ0) is 11.4. The van der Waals surface area contributed by atoms with Gasteiger partial charge < -0.3 is 14.5 Å². The second-order valence-electron chi connectivity index (χ2n) is 2.78. The van der Waals surface area contributed by atoms with Gasteiger partial charge in [0.15, 0.2) is 5.65 Å². The van der Waals surface area contributed by atoms with Gasteiger partial charge in [-0.2, -0.15) is 13.8 Å². The summed E-state index contributed by atoms with van der Waals surface area (Å²) in [6.45, 7) is -3.01. The van der Waals surface area contributed by atoms with Gasteiger partial charge in [0, 0.05) is 0 Å². The van der Waals surface area contributed by atoms with Crippen molar-refractivity contribution in [1.29, 1.82) is 0 Å². The van der Waals surface area contributed by atoms with Crippen LogP contribution in [-0.4, -0.2) is 39.8 Å². The first-order chi connectivity index (χ1) is 7.75. The zero-order valence-corrected chi connectivity index (χ0v) is 8.06. The summed E-state index contributed by atoms with van der Waals surface area (Å²) < 4.78 is 32.3. The Kier molecular flexibility index (Phi) is 3.20.